The standard InChI is InChI=1S/C17H31NO/c1-5-13-7-6-10-18-16(13)19-15-11-12(2)8-9-14(15)17(18,3)4/h12-16H,5-11H2,1-4H3/t12-,13-,14-,15-,16+/m1/s1. The van der Waals surface area contributed by atoms with Crippen LogP contribution in [0.25, 0.3) is 0 Å². The van der Waals surface area contributed by atoms with E-state index in [4.69, 9.17) is 4.74 Å². The molecular weight excluding hydrogens is 234 g/mol. The van der Waals surface area contributed by atoms with Crippen molar-refractivity contribution >= 4 is 0 Å². The topological polar surface area (TPSA) is 12.5 Å². The second kappa shape index (κ2) is 5.04. The van der Waals surface area contributed by atoms with Gasteiger partial charge in [-0.25, -0.2) is 0 Å². The molecule has 2 heterocycles. The summed E-state index contributed by atoms with van der Waals surface area (Å²) < 4.78 is 6.63. The highest BCUT2D eigenvalue weighted by atomic mass is 16.5. The van der Waals surface area contributed by atoms with Gasteiger partial charge in [0.2, 0.25) is 0 Å². The first kappa shape index (κ1) is 13.9. The van der Waals surface area contributed by atoms with Gasteiger partial charge in [-0.2, -0.15) is 0 Å². The molecule has 0 aromatic rings. The van der Waals surface area contributed by atoms with Gasteiger partial charge in [-0.05, 0) is 57.8 Å². The molecule has 3 fully saturated rings. The van der Waals surface area contributed by atoms with E-state index in [0.29, 0.717) is 17.9 Å². The lowest BCUT2D eigenvalue weighted by molar-refractivity contribution is -0.260. The summed E-state index contributed by atoms with van der Waals surface area (Å²) in [5, 5.41) is 0. The van der Waals surface area contributed by atoms with E-state index in [1.165, 1.54) is 45.1 Å². The predicted octanol–water partition coefficient (Wildman–Crippen LogP) is 4.05. The first-order chi connectivity index (χ1) is 9.04. The fourth-order valence-electron chi connectivity index (χ4n) is 4.93. The minimum absolute atomic E-state index is 0.335. The molecule has 0 aromatic heterocycles. The largest absolute Gasteiger partial charge is 0.359 e. The molecule has 3 rings (SSSR count). The van der Waals surface area contributed by atoms with Gasteiger partial charge in [-0.1, -0.05) is 20.3 Å². The van der Waals surface area contributed by atoms with Gasteiger partial charge in [-0.3, -0.25) is 4.90 Å². The third kappa shape index (κ3) is 2.25. The predicted molar refractivity (Wildman–Crippen MR) is 79.0 cm³/mol. The Kier molecular flexibility index (Phi) is 3.68. The average Bonchev–Trinajstić information content (AvgIpc) is 2.37. The Bertz CT molecular complexity index is 327. The molecule has 5 atom stereocenters. The van der Waals surface area contributed by atoms with Crippen molar-refractivity contribution in [2.75, 3.05) is 6.54 Å². The van der Waals surface area contributed by atoms with Gasteiger partial charge < -0.3 is 4.74 Å². The quantitative estimate of drug-likeness (QED) is 0.709. The van der Waals surface area contributed by atoms with Gasteiger partial charge in [0.05, 0.1) is 6.10 Å². The van der Waals surface area contributed by atoms with E-state index in [1.54, 1.807) is 0 Å². The molecule has 0 bridgehead atoms. The second-order valence-electron chi connectivity index (χ2n) is 7.75. The van der Waals surface area contributed by atoms with E-state index in [0.717, 1.165) is 17.8 Å². The van der Waals surface area contributed by atoms with Gasteiger partial charge in [0.25, 0.3) is 0 Å². The zero-order chi connectivity index (χ0) is 13.6. The van der Waals surface area contributed by atoms with E-state index in [9.17, 15) is 0 Å². The number of piperidine rings is 1. The summed E-state index contributed by atoms with van der Waals surface area (Å²) in [6.07, 6.45) is 8.95. The second-order valence-corrected chi connectivity index (χ2v) is 7.75. The van der Waals surface area contributed by atoms with Crippen molar-refractivity contribution < 1.29 is 4.74 Å². The Morgan fingerprint density at radius 2 is 2.00 bits per heavy atom. The molecule has 2 nitrogen and oxygen atoms in total. The molecule has 0 unspecified atom stereocenters. The maximum atomic E-state index is 6.63. The Labute approximate surface area is 118 Å². The molecule has 2 heteroatoms. The van der Waals surface area contributed by atoms with Crippen LogP contribution in [-0.2, 0) is 4.74 Å². The van der Waals surface area contributed by atoms with Gasteiger partial charge in [-0.15, -0.1) is 0 Å². The van der Waals surface area contributed by atoms with Crippen LogP contribution in [0.5, 0.6) is 0 Å². The van der Waals surface area contributed by atoms with Crippen LogP contribution in [0, 0.1) is 17.8 Å². The van der Waals surface area contributed by atoms with E-state index in [2.05, 4.69) is 32.6 Å². The highest BCUT2D eigenvalue weighted by molar-refractivity contribution is 5.02. The monoisotopic (exact) mass is 265 g/mol. The van der Waals surface area contributed by atoms with E-state index >= 15 is 0 Å². The van der Waals surface area contributed by atoms with E-state index in [-0.39, 0.29) is 0 Å². The number of rotatable bonds is 1. The fraction of sp³-hybridized carbons (Fsp3) is 1.00. The zero-order valence-corrected chi connectivity index (χ0v) is 13.2. The molecule has 2 saturated heterocycles. The molecule has 19 heavy (non-hydrogen) atoms. The minimum atomic E-state index is 0.335. The molecule has 0 aromatic carbocycles. The summed E-state index contributed by atoms with van der Waals surface area (Å²) in [6.45, 7) is 10.9. The Balaban J connectivity index is 1.86. The highest BCUT2D eigenvalue weighted by Gasteiger charge is 2.52. The van der Waals surface area contributed by atoms with Gasteiger partial charge in [0.1, 0.15) is 6.23 Å². The zero-order valence-electron chi connectivity index (χ0n) is 13.2. The van der Waals surface area contributed by atoms with Crippen LogP contribution in [0.4, 0.5) is 0 Å². The third-order valence-corrected chi connectivity index (χ3v) is 6.22. The summed E-state index contributed by atoms with van der Waals surface area (Å²) in [6, 6.07) is 0. The number of hydrogen-bond acceptors (Lipinski definition) is 2. The molecule has 3 aliphatic rings. The van der Waals surface area contributed by atoms with Crippen molar-refractivity contribution in [3.63, 3.8) is 0 Å². The van der Waals surface area contributed by atoms with E-state index in [1.807, 2.05) is 0 Å². The van der Waals surface area contributed by atoms with Crippen molar-refractivity contribution in [2.24, 2.45) is 17.8 Å². The van der Waals surface area contributed by atoms with Gasteiger partial charge in [0.15, 0.2) is 0 Å². The SMILES string of the molecule is CC[C@@H]1CCCN2[C@H]1O[C@@H]1C[C@H](C)CC[C@H]1C2(C)C. The Morgan fingerprint density at radius 3 is 2.74 bits per heavy atom. The molecule has 0 amide bonds. The van der Waals surface area contributed by atoms with Crippen LogP contribution in [0.3, 0.4) is 0 Å². The van der Waals surface area contributed by atoms with Crippen molar-refractivity contribution in [3.8, 4) is 0 Å². The summed E-state index contributed by atoms with van der Waals surface area (Å²) in [5.41, 5.74) is 0.335. The molecular formula is C17H31NO. The van der Waals surface area contributed by atoms with Crippen LogP contribution in [-0.4, -0.2) is 29.3 Å². The Hall–Kier alpha value is -0.0800. The molecule has 1 aliphatic carbocycles. The first-order valence-corrected chi connectivity index (χ1v) is 8.46. The molecule has 1 saturated carbocycles. The van der Waals surface area contributed by atoms with E-state index < -0.39 is 0 Å². The van der Waals surface area contributed by atoms with Crippen LogP contribution < -0.4 is 0 Å². The van der Waals surface area contributed by atoms with Crippen molar-refractivity contribution in [3.05, 3.63) is 0 Å². The normalized spacial score (nSPS) is 46.4. The first-order valence-electron chi connectivity index (χ1n) is 8.46. The molecule has 0 radical (unpaired) electrons. The fourth-order valence-corrected chi connectivity index (χ4v) is 4.93. The highest BCUT2D eigenvalue weighted by Crippen LogP contribution is 2.48. The molecule has 110 valence electrons. The number of nitrogens with zero attached hydrogens (tertiary/aromatic N) is 1. The van der Waals surface area contributed by atoms with Crippen LogP contribution in [0.1, 0.15) is 66.2 Å². The van der Waals surface area contributed by atoms with Crippen LogP contribution in [0.2, 0.25) is 0 Å². The van der Waals surface area contributed by atoms with Crippen molar-refractivity contribution in [1.29, 1.82) is 0 Å². The van der Waals surface area contributed by atoms with Crippen molar-refractivity contribution in [1.82, 2.24) is 4.90 Å². The van der Waals surface area contributed by atoms with Crippen molar-refractivity contribution in [2.45, 2.75) is 84.1 Å². The van der Waals surface area contributed by atoms with Gasteiger partial charge >= 0.3 is 0 Å². The lowest BCUT2D eigenvalue weighted by Gasteiger charge is -2.60. The number of fused-ring (bicyclic) bond motifs is 2. The van der Waals surface area contributed by atoms with Gasteiger partial charge in [0, 0.05) is 18.0 Å². The third-order valence-electron chi connectivity index (χ3n) is 6.22. The molecule has 0 N–H and O–H groups in total. The van der Waals surface area contributed by atoms with Crippen LogP contribution >= 0.6 is 0 Å². The Morgan fingerprint density at radius 1 is 1.21 bits per heavy atom. The smallest absolute Gasteiger partial charge is 0.114 e. The number of ether oxygens (including phenoxy) is 1. The average molecular weight is 265 g/mol. The molecule has 2 aliphatic heterocycles. The maximum Gasteiger partial charge on any atom is 0.114 e. The number of hydrogen-bond donors (Lipinski definition) is 0. The lowest BCUT2D eigenvalue weighted by atomic mass is 9.68. The minimum Gasteiger partial charge on any atom is -0.359 e. The van der Waals surface area contributed by atoms with Crippen LogP contribution in [0.15, 0.2) is 0 Å². The molecule has 0 spiro atoms. The summed E-state index contributed by atoms with van der Waals surface area (Å²) >= 11 is 0. The lowest BCUT2D eigenvalue weighted by Crippen LogP contribution is -2.67. The summed E-state index contributed by atoms with van der Waals surface area (Å²) in [5.74, 6) is 2.36. The maximum absolute atomic E-state index is 6.63. The summed E-state index contributed by atoms with van der Waals surface area (Å²) in [7, 11) is 0. The summed E-state index contributed by atoms with van der Waals surface area (Å²) in [4.78, 5) is 2.71.